The Morgan fingerprint density at radius 3 is 2.79 bits per heavy atom. The highest BCUT2D eigenvalue weighted by atomic mass is 35.5. The minimum absolute atomic E-state index is 0.768. The van der Waals surface area contributed by atoms with Crippen molar-refractivity contribution in [3.63, 3.8) is 0 Å². The smallest absolute Gasteiger partial charge is 0.121 e. The first-order valence-electron chi connectivity index (χ1n) is 4.05. The maximum Gasteiger partial charge on any atom is 0.121 e. The quantitative estimate of drug-likeness (QED) is 0.729. The Balaban J connectivity index is 2.67. The normalized spacial score (nSPS) is 10.8. The van der Waals surface area contributed by atoms with Crippen molar-refractivity contribution in [3.8, 4) is 5.75 Å². The van der Waals surface area contributed by atoms with E-state index >= 15 is 0 Å². The van der Waals surface area contributed by atoms with Gasteiger partial charge in [-0.15, -0.1) is 23.1 Å². The van der Waals surface area contributed by atoms with E-state index in [1.54, 1.807) is 30.2 Å². The van der Waals surface area contributed by atoms with Gasteiger partial charge in [0.15, 0.2) is 0 Å². The molecule has 0 aliphatic rings. The number of ether oxygens (including phenoxy) is 1. The van der Waals surface area contributed by atoms with E-state index in [9.17, 15) is 0 Å². The summed E-state index contributed by atoms with van der Waals surface area (Å²) in [5, 5.41) is 1.92. The van der Waals surface area contributed by atoms with Crippen molar-refractivity contribution >= 4 is 44.8 Å². The molecule has 0 bridgehead atoms. The maximum atomic E-state index is 6.13. The Bertz CT molecular complexity index is 464. The van der Waals surface area contributed by atoms with Crippen molar-refractivity contribution in [1.82, 2.24) is 0 Å². The molecule has 14 heavy (non-hydrogen) atoms. The topological polar surface area (TPSA) is 9.23 Å². The van der Waals surface area contributed by atoms with E-state index < -0.39 is 0 Å². The van der Waals surface area contributed by atoms with Gasteiger partial charge in [0.25, 0.3) is 0 Å². The third-order valence-electron chi connectivity index (χ3n) is 1.96. The summed E-state index contributed by atoms with van der Waals surface area (Å²) >= 11 is 9.59. The molecule has 4 heteroatoms. The maximum absolute atomic E-state index is 6.13. The molecule has 1 aromatic carbocycles. The van der Waals surface area contributed by atoms with E-state index in [0.29, 0.717) is 0 Å². The third kappa shape index (κ3) is 1.72. The number of thioether (sulfide) groups is 1. The summed E-state index contributed by atoms with van der Waals surface area (Å²) in [5.74, 6) is 0.813. The van der Waals surface area contributed by atoms with Crippen LogP contribution in [0.1, 0.15) is 0 Å². The van der Waals surface area contributed by atoms with E-state index in [1.165, 1.54) is 4.21 Å². The van der Waals surface area contributed by atoms with Crippen LogP contribution in [0.5, 0.6) is 5.75 Å². The summed E-state index contributed by atoms with van der Waals surface area (Å²) in [5.41, 5.74) is 0. The van der Waals surface area contributed by atoms with E-state index in [1.807, 2.05) is 12.1 Å². The molecular formula is C10H9ClOS2. The van der Waals surface area contributed by atoms with Gasteiger partial charge in [-0.05, 0) is 23.8 Å². The molecule has 0 N–H and O–H groups in total. The number of benzene rings is 1. The molecule has 0 spiro atoms. The van der Waals surface area contributed by atoms with Gasteiger partial charge in [0.1, 0.15) is 5.75 Å². The predicted octanol–water partition coefficient (Wildman–Crippen LogP) is 4.29. The van der Waals surface area contributed by atoms with Gasteiger partial charge in [-0.25, -0.2) is 0 Å². The van der Waals surface area contributed by atoms with Gasteiger partial charge in [0.05, 0.1) is 21.0 Å². The minimum atomic E-state index is 0.768. The van der Waals surface area contributed by atoms with E-state index in [2.05, 4.69) is 12.3 Å². The monoisotopic (exact) mass is 244 g/mol. The predicted molar refractivity (Wildman–Crippen MR) is 65.2 cm³/mol. The summed E-state index contributed by atoms with van der Waals surface area (Å²) in [6.45, 7) is 0. The highest BCUT2D eigenvalue weighted by Gasteiger charge is 2.06. The SMILES string of the molecule is COc1cc(Cl)c2sc(SC)cc2c1. The van der Waals surface area contributed by atoms with Crippen LogP contribution in [-0.4, -0.2) is 13.4 Å². The molecule has 1 aromatic heterocycles. The molecule has 2 rings (SSSR count). The Morgan fingerprint density at radius 1 is 1.36 bits per heavy atom. The van der Waals surface area contributed by atoms with Crippen LogP contribution in [-0.2, 0) is 0 Å². The van der Waals surface area contributed by atoms with Gasteiger partial charge in [0, 0.05) is 6.07 Å². The second-order valence-corrected chi connectivity index (χ2v) is 5.36. The van der Waals surface area contributed by atoms with Crippen LogP contribution in [0.2, 0.25) is 5.02 Å². The first kappa shape index (κ1) is 10.1. The lowest BCUT2D eigenvalue weighted by atomic mass is 10.2. The summed E-state index contributed by atoms with van der Waals surface area (Å²) in [6, 6.07) is 6.00. The largest absolute Gasteiger partial charge is 0.497 e. The fourth-order valence-electron chi connectivity index (χ4n) is 1.28. The molecular weight excluding hydrogens is 236 g/mol. The van der Waals surface area contributed by atoms with Crippen molar-refractivity contribution in [3.05, 3.63) is 23.2 Å². The molecule has 0 amide bonds. The standard InChI is InChI=1S/C10H9ClOS2/c1-12-7-3-6-4-9(13-2)14-10(6)8(11)5-7/h3-5H,1-2H3. The number of thiophene rings is 1. The number of hydrogen-bond donors (Lipinski definition) is 0. The van der Waals surface area contributed by atoms with Crippen LogP contribution in [0.3, 0.4) is 0 Å². The van der Waals surface area contributed by atoms with E-state index in [-0.39, 0.29) is 0 Å². The lowest BCUT2D eigenvalue weighted by molar-refractivity contribution is 0.415. The van der Waals surface area contributed by atoms with Gasteiger partial charge in [-0.3, -0.25) is 0 Å². The van der Waals surface area contributed by atoms with Gasteiger partial charge in [-0.1, -0.05) is 11.6 Å². The van der Waals surface area contributed by atoms with Gasteiger partial charge in [0.2, 0.25) is 0 Å². The molecule has 0 unspecified atom stereocenters. The Kier molecular flexibility index (Phi) is 2.91. The zero-order valence-corrected chi connectivity index (χ0v) is 10.2. The zero-order valence-electron chi connectivity index (χ0n) is 7.83. The van der Waals surface area contributed by atoms with Crippen LogP contribution in [0.15, 0.2) is 22.4 Å². The highest BCUT2D eigenvalue weighted by molar-refractivity contribution is 8.00. The molecule has 0 aliphatic heterocycles. The number of fused-ring (bicyclic) bond motifs is 1. The molecule has 0 saturated heterocycles. The number of hydrogen-bond acceptors (Lipinski definition) is 3. The van der Waals surface area contributed by atoms with Crippen LogP contribution in [0, 0.1) is 0 Å². The second kappa shape index (κ2) is 4.01. The Labute approximate surface area is 96.0 Å². The summed E-state index contributed by atoms with van der Waals surface area (Å²) < 4.78 is 7.57. The van der Waals surface area contributed by atoms with Crippen molar-refractivity contribution in [2.24, 2.45) is 0 Å². The average Bonchev–Trinajstić information content (AvgIpc) is 2.61. The van der Waals surface area contributed by atoms with Gasteiger partial charge < -0.3 is 4.74 Å². The van der Waals surface area contributed by atoms with Gasteiger partial charge >= 0.3 is 0 Å². The summed E-state index contributed by atoms with van der Waals surface area (Å²) in [6.07, 6.45) is 2.07. The first-order chi connectivity index (χ1) is 6.74. The zero-order chi connectivity index (χ0) is 10.1. The van der Waals surface area contributed by atoms with Crippen LogP contribution < -0.4 is 4.74 Å². The summed E-state index contributed by atoms with van der Waals surface area (Å²) in [4.78, 5) is 0. The van der Waals surface area contributed by atoms with Crippen molar-refractivity contribution in [2.45, 2.75) is 4.21 Å². The highest BCUT2D eigenvalue weighted by Crippen LogP contribution is 2.38. The van der Waals surface area contributed by atoms with E-state index in [0.717, 1.165) is 20.9 Å². The Hall–Kier alpha value is -0.380. The van der Waals surface area contributed by atoms with Crippen molar-refractivity contribution < 1.29 is 4.74 Å². The summed E-state index contributed by atoms with van der Waals surface area (Å²) in [7, 11) is 1.65. The molecule has 0 aliphatic carbocycles. The Morgan fingerprint density at radius 2 is 2.14 bits per heavy atom. The molecule has 2 aromatic rings. The minimum Gasteiger partial charge on any atom is -0.497 e. The molecule has 0 atom stereocenters. The van der Waals surface area contributed by atoms with Crippen molar-refractivity contribution in [2.75, 3.05) is 13.4 Å². The molecule has 1 nitrogen and oxygen atoms in total. The lowest BCUT2D eigenvalue weighted by Gasteiger charge is -2.00. The molecule has 0 radical (unpaired) electrons. The average molecular weight is 245 g/mol. The van der Waals surface area contributed by atoms with Crippen LogP contribution in [0.4, 0.5) is 0 Å². The lowest BCUT2D eigenvalue weighted by Crippen LogP contribution is -1.81. The second-order valence-electron chi connectivity index (χ2n) is 2.80. The first-order valence-corrected chi connectivity index (χ1v) is 6.47. The van der Waals surface area contributed by atoms with Gasteiger partial charge in [-0.2, -0.15) is 0 Å². The molecule has 1 heterocycles. The van der Waals surface area contributed by atoms with E-state index in [4.69, 9.17) is 16.3 Å². The number of halogens is 1. The molecule has 74 valence electrons. The molecule has 0 fully saturated rings. The third-order valence-corrected chi connectivity index (χ3v) is 4.62. The number of methoxy groups -OCH3 is 1. The van der Waals surface area contributed by atoms with Crippen LogP contribution >= 0.6 is 34.7 Å². The molecule has 0 saturated carbocycles. The van der Waals surface area contributed by atoms with Crippen LogP contribution in [0.25, 0.3) is 10.1 Å². The number of rotatable bonds is 2. The fraction of sp³-hybridized carbons (Fsp3) is 0.200. The van der Waals surface area contributed by atoms with Crippen molar-refractivity contribution in [1.29, 1.82) is 0 Å². The fourth-order valence-corrected chi connectivity index (χ4v) is 3.22.